The van der Waals surface area contributed by atoms with Crippen LogP contribution < -0.4 is 0 Å². The standard InChI is InChI=1S/C26H39O3P/c1-4-5-6-7-8-9-10-11-12-13-14-15-22-16-17-24-21-25(19-18-23(24)20-22)26(2,3)30(27,28)29/h14-21H,4-13H2,1-3H3,(H2,27,28,29). The highest BCUT2D eigenvalue weighted by molar-refractivity contribution is 7.53. The van der Waals surface area contributed by atoms with Gasteiger partial charge in [-0.15, -0.1) is 0 Å². The molecule has 0 aromatic heterocycles. The molecule has 2 aromatic rings. The van der Waals surface area contributed by atoms with Gasteiger partial charge in [-0.05, 0) is 60.7 Å². The number of benzene rings is 2. The van der Waals surface area contributed by atoms with E-state index in [0.717, 1.165) is 17.2 Å². The van der Waals surface area contributed by atoms with Crippen molar-refractivity contribution in [3.8, 4) is 0 Å². The summed E-state index contributed by atoms with van der Waals surface area (Å²) in [6.45, 7) is 5.45. The summed E-state index contributed by atoms with van der Waals surface area (Å²) in [5.74, 6) is 0. The Balaban J connectivity index is 1.82. The Morgan fingerprint density at radius 1 is 0.833 bits per heavy atom. The van der Waals surface area contributed by atoms with Gasteiger partial charge in [0.15, 0.2) is 0 Å². The smallest absolute Gasteiger partial charge is 0.324 e. The van der Waals surface area contributed by atoms with Crippen molar-refractivity contribution < 1.29 is 14.4 Å². The van der Waals surface area contributed by atoms with Gasteiger partial charge in [0.1, 0.15) is 0 Å². The molecule has 0 heterocycles. The Morgan fingerprint density at radius 2 is 1.40 bits per heavy atom. The van der Waals surface area contributed by atoms with Crippen molar-refractivity contribution in [1.82, 2.24) is 0 Å². The fourth-order valence-electron chi connectivity index (χ4n) is 3.71. The molecular formula is C26H39O3P. The third-order valence-corrected chi connectivity index (χ3v) is 7.80. The van der Waals surface area contributed by atoms with Crippen LogP contribution in [0.15, 0.2) is 42.5 Å². The van der Waals surface area contributed by atoms with Gasteiger partial charge in [-0.25, -0.2) is 0 Å². The molecule has 0 aliphatic heterocycles. The van der Waals surface area contributed by atoms with Gasteiger partial charge in [0.05, 0.1) is 5.16 Å². The number of fused-ring (bicyclic) bond motifs is 1. The van der Waals surface area contributed by atoms with Crippen LogP contribution in [-0.4, -0.2) is 9.79 Å². The van der Waals surface area contributed by atoms with Crippen LogP contribution in [0.3, 0.4) is 0 Å². The number of hydrogen-bond donors (Lipinski definition) is 2. The zero-order valence-corrected chi connectivity index (χ0v) is 19.8. The lowest BCUT2D eigenvalue weighted by molar-refractivity contribution is 0.338. The first-order valence-electron chi connectivity index (χ1n) is 11.5. The van der Waals surface area contributed by atoms with E-state index < -0.39 is 12.8 Å². The lowest BCUT2D eigenvalue weighted by Crippen LogP contribution is -2.17. The van der Waals surface area contributed by atoms with Gasteiger partial charge in [0.2, 0.25) is 0 Å². The molecule has 0 amide bonds. The highest BCUT2D eigenvalue weighted by atomic mass is 31.2. The van der Waals surface area contributed by atoms with Gasteiger partial charge in [-0.3, -0.25) is 4.57 Å². The monoisotopic (exact) mass is 430 g/mol. The van der Waals surface area contributed by atoms with E-state index in [0.29, 0.717) is 5.56 Å². The van der Waals surface area contributed by atoms with Crippen molar-refractivity contribution >= 4 is 24.4 Å². The molecule has 2 rings (SSSR count). The van der Waals surface area contributed by atoms with Crippen LogP contribution >= 0.6 is 7.60 Å². The third-order valence-electron chi connectivity index (χ3n) is 6.08. The number of allylic oxidation sites excluding steroid dienone is 1. The van der Waals surface area contributed by atoms with Crippen LogP contribution in [0.5, 0.6) is 0 Å². The molecule has 30 heavy (non-hydrogen) atoms. The summed E-state index contributed by atoms with van der Waals surface area (Å²) < 4.78 is 11.8. The normalized spacial score (nSPS) is 12.8. The quantitative estimate of drug-likeness (QED) is 0.249. The van der Waals surface area contributed by atoms with Crippen LogP contribution in [-0.2, 0) is 9.72 Å². The van der Waals surface area contributed by atoms with Gasteiger partial charge in [-0.2, -0.15) is 0 Å². The zero-order chi connectivity index (χ0) is 22.0. The minimum Gasteiger partial charge on any atom is -0.324 e. The first-order valence-corrected chi connectivity index (χ1v) is 13.1. The van der Waals surface area contributed by atoms with Crippen LogP contribution in [0.1, 0.15) is 96.1 Å². The molecule has 0 saturated heterocycles. The molecule has 0 spiro atoms. The predicted octanol–water partition coefficient (Wildman–Crippen LogP) is 8.19. The topological polar surface area (TPSA) is 57.5 Å². The van der Waals surface area contributed by atoms with E-state index in [-0.39, 0.29) is 0 Å². The third kappa shape index (κ3) is 7.38. The Hall–Kier alpha value is -1.41. The predicted molar refractivity (Wildman–Crippen MR) is 130 cm³/mol. The fourth-order valence-corrected chi connectivity index (χ4v) is 4.18. The van der Waals surface area contributed by atoms with E-state index in [9.17, 15) is 14.4 Å². The van der Waals surface area contributed by atoms with Crippen molar-refractivity contribution in [2.45, 2.75) is 90.1 Å². The number of rotatable bonds is 13. The van der Waals surface area contributed by atoms with Crippen molar-refractivity contribution in [3.63, 3.8) is 0 Å². The van der Waals surface area contributed by atoms with Crippen LogP contribution in [0.4, 0.5) is 0 Å². The molecular weight excluding hydrogens is 391 g/mol. The van der Waals surface area contributed by atoms with Crippen molar-refractivity contribution in [2.75, 3.05) is 0 Å². The van der Waals surface area contributed by atoms with E-state index in [1.807, 2.05) is 24.3 Å². The summed E-state index contributed by atoms with van der Waals surface area (Å²) in [5.41, 5.74) is 1.83. The van der Waals surface area contributed by atoms with Crippen molar-refractivity contribution in [2.24, 2.45) is 0 Å². The van der Waals surface area contributed by atoms with Crippen LogP contribution in [0, 0.1) is 0 Å². The maximum Gasteiger partial charge on any atom is 0.335 e. The second-order valence-corrected chi connectivity index (χ2v) is 11.1. The molecule has 0 bridgehead atoms. The molecule has 0 atom stereocenters. The summed E-state index contributed by atoms with van der Waals surface area (Å²) >= 11 is 0. The van der Waals surface area contributed by atoms with E-state index in [2.05, 4.69) is 31.2 Å². The second kappa shape index (κ2) is 11.8. The minimum atomic E-state index is -4.22. The van der Waals surface area contributed by atoms with Gasteiger partial charge in [0, 0.05) is 0 Å². The lowest BCUT2D eigenvalue weighted by atomic mass is 9.97. The zero-order valence-electron chi connectivity index (χ0n) is 18.9. The molecule has 2 aromatic carbocycles. The minimum absolute atomic E-state index is 0.664. The first-order chi connectivity index (χ1) is 14.3. The van der Waals surface area contributed by atoms with Gasteiger partial charge >= 0.3 is 7.60 Å². The van der Waals surface area contributed by atoms with E-state index >= 15 is 0 Å². The molecule has 3 nitrogen and oxygen atoms in total. The fraction of sp³-hybridized carbons (Fsp3) is 0.538. The van der Waals surface area contributed by atoms with E-state index in [1.54, 1.807) is 13.8 Å². The highest BCUT2D eigenvalue weighted by Gasteiger charge is 2.39. The Morgan fingerprint density at radius 3 is 2.03 bits per heavy atom. The average molecular weight is 431 g/mol. The van der Waals surface area contributed by atoms with Gasteiger partial charge in [0.25, 0.3) is 0 Å². The molecule has 4 heteroatoms. The largest absolute Gasteiger partial charge is 0.335 e. The van der Waals surface area contributed by atoms with Crippen molar-refractivity contribution in [3.05, 3.63) is 53.6 Å². The molecule has 0 aliphatic rings. The molecule has 0 fully saturated rings. The Kier molecular flexibility index (Phi) is 9.81. The second-order valence-electron chi connectivity index (χ2n) is 8.94. The molecule has 0 aliphatic carbocycles. The summed E-state index contributed by atoms with van der Waals surface area (Å²) in [5, 5.41) is 0.908. The lowest BCUT2D eigenvalue weighted by Gasteiger charge is -2.26. The number of hydrogen-bond acceptors (Lipinski definition) is 1. The summed E-state index contributed by atoms with van der Waals surface area (Å²) in [6.07, 6.45) is 17.7. The molecule has 0 unspecified atom stereocenters. The van der Waals surface area contributed by atoms with E-state index in [1.165, 1.54) is 63.4 Å². The maximum atomic E-state index is 11.8. The summed E-state index contributed by atoms with van der Waals surface area (Å²) in [6, 6.07) is 11.9. The average Bonchev–Trinajstić information content (AvgIpc) is 2.70. The molecule has 2 N–H and O–H groups in total. The van der Waals surface area contributed by atoms with Gasteiger partial charge in [-0.1, -0.05) is 94.7 Å². The van der Waals surface area contributed by atoms with Gasteiger partial charge < -0.3 is 9.79 Å². The highest BCUT2D eigenvalue weighted by Crippen LogP contribution is 2.56. The molecule has 0 radical (unpaired) electrons. The molecule has 166 valence electrons. The maximum absolute atomic E-state index is 11.8. The summed E-state index contributed by atoms with van der Waals surface area (Å²) in [4.78, 5) is 19.3. The Bertz CT molecular complexity index is 864. The van der Waals surface area contributed by atoms with Crippen molar-refractivity contribution in [1.29, 1.82) is 0 Å². The summed E-state index contributed by atoms with van der Waals surface area (Å²) in [7, 11) is -4.22. The van der Waals surface area contributed by atoms with Crippen LogP contribution in [0.25, 0.3) is 16.8 Å². The van der Waals surface area contributed by atoms with E-state index in [4.69, 9.17) is 0 Å². The molecule has 0 saturated carbocycles. The SMILES string of the molecule is CCCCCCCCCCCC=Cc1ccc2cc(C(C)(C)P(=O)(O)O)ccc2c1. The van der Waals surface area contributed by atoms with Crippen LogP contribution in [0.2, 0.25) is 0 Å². The first kappa shape index (κ1) is 24.9. The number of unbranched alkanes of at least 4 members (excludes halogenated alkanes) is 9. The Labute approximate surface area is 182 Å².